The number of benzene rings is 2. The maximum Gasteiger partial charge on any atom is 0.343 e. The Bertz CT molecular complexity index is 1290. The highest BCUT2D eigenvalue weighted by atomic mass is 32.2. The van der Waals surface area contributed by atoms with Gasteiger partial charge in [0.1, 0.15) is 6.54 Å². The summed E-state index contributed by atoms with van der Waals surface area (Å²) in [4.78, 5) is 28.0. The molecule has 9 nitrogen and oxygen atoms in total. The number of aromatic nitrogens is 2. The maximum atomic E-state index is 13.4. The summed E-state index contributed by atoms with van der Waals surface area (Å²) >= 11 is 0. The van der Waals surface area contributed by atoms with Gasteiger partial charge in [-0.2, -0.15) is 3.97 Å². The Morgan fingerprint density at radius 1 is 1.03 bits per heavy atom. The van der Waals surface area contributed by atoms with Crippen LogP contribution in [0.1, 0.15) is 5.56 Å². The Morgan fingerprint density at radius 3 is 2.41 bits per heavy atom. The molecule has 170 valence electrons. The van der Waals surface area contributed by atoms with E-state index in [4.69, 9.17) is 4.74 Å². The fourth-order valence-corrected chi connectivity index (χ4v) is 5.53. The van der Waals surface area contributed by atoms with Gasteiger partial charge in [-0.05, 0) is 30.7 Å². The molecule has 1 saturated heterocycles. The van der Waals surface area contributed by atoms with Crippen LogP contribution in [0, 0.1) is 6.92 Å². The molecule has 0 spiro atoms. The summed E-state index contributed by atoms with van der Waals surface area (Å²) in [6.07, 6.45) is 0. The lowest BCUT2D eigenvalue weighted by Gasteiger charge is -2.26. The minimum atomic E-state index is -4.14. The molecule has 32 heavy (non-hydrogen) atoms. The minimum Gasteiger partial charge on any atom is -0.379 e. The first-order chi connectivity index (χ1) is 15.4. The zero-order valence-corrected chi connectivity index (χ0v) is 18.7. The summed E-state index contributed by atoms with van der Waals surface area (Å²) < 4.78 is 34.0. The lowest BCUT2D eigenvalue weighted by molar-refractivity contribution is -0.121. The van der Waals surface area contributed by atoms with Crippen LogP contribution >= 0.6 is 0 Å². The van der Waals surface area contributed by atoms with Crippen LogP contribution in [0.25, 0.3) is 11.0 Å². The predicted octanol–water partition coefficient (Wildman–Crippen LogP) is 0.797. The number of amides is 1. The number of nitrogens with zero attached hydrogens (tertiary/aromatic N) is 3. The summed E-state index contributed by atoms with van der Waals surface area (Å²) in [6.45, 7) is 5.54. The highest BCUT2D eigenvalue weighted by Crippen LogP contribution is 2.22. The van der Waals surface area contributed by atoms with E-state index in [9.17, 15) is 18.0 Å². The first-order valence-electron chi connectivity index (χ1n) is 10.5. The Balaban J connectivity index is 1.61. The number of ether oxygens (including phenoxy) is 1. The second-order valence-electron chi connectivity index (χ2n) is 7.70. The van der Waals surface area contributed by atoms with Crippen LogP contribution in [-0.4, -0.2) is 67.2 Å². The number of carbonyl (C=O) groups excluding carboxylic acids is 1. The molecule has 1 amide bonds. The molecule has 4 rings (SSSR count). The van der Waals surface area contributed by atoms with E-state index in [-0.39, 0.29) is 22.9 Å². The van der Waals surface area contributed by atoms with Gasteiger partial charge >= 0.3 is 5.69 Å². The van der Waals surface area contributed by atoms with Crippen molar-refractivity contribution in [2.75, 3.05) is 39.4 Å². The van der Waals surface area contributed by atoms with Crippen LogP contribution in [0.3, 0.4) is 0 Å². The highest BCUT2D eigenvalue weighted by Gasteiger charge is 2.27. The standard InChI is InChI=1S/C22H26N4O5S/c1-17-6-2-5-9-20(17)32(29,30)26-19-8-4-3-7-18(19)25(22(26)28)16-21(27)23-10-11-24-12-14-31-15-13-24/h2-9H,10-16H2,1H3,(H,23,27). The summed E-state index contributed by atoms with van der Waals surface area (Å²) in [5.41, 5.74) is 0.398. The summed E-state index contributed by atoms with van der Waals surface area (Å²) in [5, 5.41) is 2.82. The Kier molecular flexibility index (Phi) is 6.45. The van der Waals surface area contributed by atoms with E-state index in [0.29, 0.717) is 37.4 Å². The molecule has 1 N–H and O–H groups in total. The first-order valence-corrected chi connectivity index (χ1v) is 11.9. The number of para-hydroxylation sites is 2. The Hall–Kier alpha value is -2.95. The molecule has 10 heteroatoms. The van der Waals surface area contributed by atoms with Crippen LogP contribution in [0.5, 0.6) is 0 Å². The zero-order chi connectivity index (χ0) is 22.7. The number of fused-ring (bicyclic) bond motifs is 1. The SMILES string of the molecule is Cc1ccccc1S(=O)(=O)n1c(=O)n(CC(=O)NCCN2CCOCC2)c2ccccc21. The average molecular weight is 459 g/mol. The number of aryl methyl sites for hydroxylation is 1. The quantitative estimate of drug-likeness (QED) is 0.562. The number of nitrogens with one attached hydrogen (secondary N) is 1. The van der Waals surface area contributed by atoms with Crippen molar-refractivity contribution in [1.29, 1.82) is 0 Å². The average Bonchev–Trinajstić information content (AvgIpc) is 3.06. The molecule has 1 aliphatic rings. The predicted molar refractivity (Wildman–Crippen MR) is 120 cm³/mol. The van der Waals surface area contributed by atoms with Gasteiger partial charge in [0.05, 0.1) is 29.1 Å². The van der Waals surface area contributed by atoms with Gasteiger partial charge in [-0.25, -0.2) is 13.2 Å². The van der Waals surface area contributed by atoms with Gasteiger partial charge in [-0.15, -0.1) is 0 Å². The fourth-order valence-electron chi connectivity index (χ4n) is 3.89. The number of rotatable bonds is 7. The zero-order valence-electron chi connectivity index (χ0n) is 17.9. The Labute approximate surface area is 186 Å². The summed E-state index contributed by atoms with van der Waals surface area (Å²) in [6, 6.07) is 13.1. The van der Waals surface area contributed by atoms with E-state index < -0.39 is 15.7 Å². The van der Waals surface area contributed by atoms with Gasteiger partial charge < -0.3 is 10.1 Å². The molecule has 1 aromatic heterocycles. The maximum absolute atomic E-state index is 13.4. The number of imidazole rings is 1. The van der Waals surface area contributed by atoms with E-state index in [2.05, 4.69) is 10.2 Å². The van der Waals surface area contributed by atoms with E-state index in [1.54, 1.807) is 49.4 Å². The van der Waals surface area contributed by atoms with Crippen molar-refractivity contribution in [3.63, 3.8) is 0 Å². The molecule has 0 saturated carbocycles. The molecule has 2 aromatic carbocycles. The Morgan fingerprint density at radius 2 is 1.69 bits per heavy atom. The number of hydrogen-bond acceptors (Lipinski definition) is 6. The largest absolute Gasteiger partial charge is 0.379 e. The van der Waals surface area contributed by atoms with Crippen molar-refractivity contribution in [1.82, 2.24) is 18.8 Å². The van der Waals surface area contributed by atoms with Gasteiger partial charge in [0.2, 0.25) is 5.91 Å². The second kappa shape index (κ2) is 9.27. The van der Waals surface area contributed by atoms with Crippen LogP contribution < -0.4 is 11.0 Å². The molecule has 0 unspecified atom stereocenters. The van der Waals surface area contributed by atoms with Crippen molar-refractivity contribution in [3.05, 3.63) is 64.6 Å². The molecule has 1 fully saturated rings. The minimum absolute atomic E-state index is 0.0555. The second-order valence-corrected chi connectivity index (χ2v) is 9.45. The number of carbonyl (C=O) groups is 1. The molecule has 0 bridgehead atoms. The molecule has 0 aliphatic carbocycles. The van der Waals surface area contributed by atoms with Crippen molar-refractivity contribution in [3.8, 4) is 0 Å². The monoisotopic (exact) mass is 458 g/mol. The molecular formula is C22H26N4O5S. The highest BCUT2D eigenvalue weighted by molar-refractivity contribution is 7.90. The molecule has 0 atom stereocenters. The van der Waals surface area contributed by atoms with Crippen molar-refractivity contribution < 1.29 is 17.9 Å². The normalized spacial score (nSPS) is 15.2. The van der Waals surface area contributed by atoms with Gasteiger partial charge in [0, 0.05) is 26.2 Å². The molecule has 1 aliphatic heterocycles. The van der Waals surface area contributed by atoms with E-state index in [0.717, 1.165) is 17.1 Å². The number of hydrogen-bond donors (Lipinski definition) is 1. The fraction of sp³-hybridized carbons (Fsp3) is 0.364. The molecule has 0 radical (unpaired) electrons. The third kappa shape index (κ3) is 4.34. The van der Waals surface area contributed by atoms with Gasteiger partial charge in [-0.3, -0.25) is 14.3 Å². The van der Waals surface area contributed by atoms with E-state index in [1.807, 2.05) is 0 Å². The van der Waals surface area contributed by atoms with Crippen LogP contribution in [0.2, 0.25) is 0 Å². The molecule has 3 aromatic rings. The lowest BCUT2D eigenvalue weighted by atomic mass is 10.2. The first kappa shape index (κ1) is 22.3. The van der Waals surface area contributed by atoms with Gasteiger partial charge in [-0.1, -0.05) is 30.3 Å². The molecule has 2 heterocycles. The van der Waals surface area contributed by atoms with Crippen molar-refractivity contribution in [2.24, 2.45) is 0 Å². The van der Waals surface area contributed by atoms with Crippen molar-refractivity contribution >= 4 is 27.0 Å². The van der Waals surface area contributed by atoms with E-state index in [1.165, 1.54) is 10.6 Å². The van der Waals surface area contributed by atoms with Crippen molar-refractivity contribution in [2.45, 2.75) is 18.4 Å². The number of morpholine rings is 1. The van der Waals surface area contributed by atoms with Crippen LogP contribution in [0.4, 0.5) is 0 Å². The molecular weight excluding hydrogens is 432 g/mol. The van der Waals surface area contributed by atoms with Crippen LogP contribution in [0.15, 0.2) is 58.2 Å². The lowest BCUT2D eigenvalue weighted by Crippen LogP contribution is -2.42. The van der Waals surface area contributed by atoms with Gasteiger partial charge in [0.25, 0.3) is 10.0 Å². The third-order valence-electron chi connectivity index (χ3n) is 5.56. The third-order valence-corrected chi connectivity index (χ3v) is 7.41. The topological polar surface area (TPSA) is 103 Å². The summed E-state index contributed by atoms with van der Waals surface area (Å²) in [5.74, 6) is -0.350. The van der Waals surface area contributed by atoms with E-state index >= 15 is 0 Å². The van der Waals surface area contributed by atoms with Gasteiger partial charge in [0.15, 0.2) is 0 Å². The van der Waals surface area contributed by atoms with Crippen LogP contribution in [-0.2, 0) is 26.1 Å². The summed E-state index contributed by atoms with van der Waals surface area (Å²) in [7, 11) is -4.14. The smallest absolute Gasteiger partial charge is 0.343 e.